The molecular weight excluding hydrogens is 312 g/mol. The van der Waals surface area contributed by atoms with E-state index in [1.165, 1.54) is 0 Å². The van der Waals surface area contributed by atoms with Crippen molar-refractivity contribution in [2.45, 2.75) is 31.5 Å². The van der Waals surface area contributed by atoms with Gasteiger partial charge in [0, 0.05) is 23.5 Å². The SMILES string of the molecule is O=C(NCc1ccccc1CO)NC1CC1c1cccc(Cl)c1. The maximum atomic E-state index is 12.0. The van der Waals surface area contributed by atoms with Gasteiger partial charge in [0.25, 0.3) is 0 Å². The van der Waals surface area contributed by atoms with Gasteiger partial charge in [-0.3, -0.25) is 0 Å². The van der Waals surface area contributed by atoms with Crippen LogP contribution >= 0.6 is 11.6 Å². The Kier molecular flexibility index (Phi) is 4.84. The molecular formula is C18H19ClN2O2. The van der Waals surface area contributed by atoms with Crippen LogP contribution in [0.25, 0.3) is 0 Å². The Morgan fingerprint density at radius 1 is 1.17 bits per heavy atom. The van der Waals surface area contributed by atoms with Crippen LogP contribution in [0.4, 0.5) is 4.79 Å². The van der Waals surface area contributed by atoms with E-state index in [1.54, 1.807) is 0 Å². The first-order valence-corrected chi connectivity index (χ1v) is 8.02. The van der Waals surface area contributed by atoms with Gasteiger partial charge in [-0.05, 0) is 35.2 Å². The number of halogens is 1. The van der Waals surface area contributed by atoms with Gasteiger partial charge in [0.1, 0.15) is 0 Å². The molecule has 1 fully saturated rings. The third kappa shape index (κ3) is 4.03. The van der Waals surface area contributed by atoms with E-state index < -0.39 is 0 Å². The number of aliphatic hydroxyl groups is 1. The molecule has 1 aliphatic rings. The van der Waals surface area contributed by atoms with E-state index in [4.69, 9.17) is 11.6 Å². The van der Waals surface area contributed by atoms with Crippen LogP contribution in [0.3, 0.4) is 0 Å². The van der Waals surface area contributed by atoms with Crippen LogP contribution in [0.5, 0.6) is 0 Å². The van der Waals surface area contributed by atoms with Crippen LogP contribution in [-0.4, -0.2) is 17.2 Å². The average Bonchev–Trinajstić information content (AvgIpc) is 3.32. The molecule has 23 heavy (non-hydrogen) atoms. The van der Waals surface area contributed by atoms with Crippen LogP contribution in [0.15, 0.2) is 48.5 Å². The number of rotatable bonds is 5. The fraction of sp³-hybridized carbons (Fsp3) is 0.278. The number of aliphatic hydroxyl groups excluding tert-OH is 1. The number of carbonyl (C=O) groups excluding carboxylic acids is 1. The maximum absolute atomic E-state index is 12.0. The summed E-state index contributed by atoms with van der Waals surface area (Å²) in [7, 11) is 0. The van der Waals surface area contributed by atoms with Crippen molar-refractivity contribution in [1.82, 2.24) is 10.6 Å². The number of benzene rings is 2. The first-order valence-electron chi connectivity index (χ1n) is 7.65. The molecule has 2 aromatic carbocycles. The zero-order valence-corrected chi connectivity index (χ0v) is 13.4. The first-order chi connectivity index (χ1) is 11.2. The Labute approximate surface area is 140 Å². The topological polar surface area (TPSA) is 61.4 Å². The second-order valence-corrected chi connectivity index (χ2v) is 6.19. The lowest BCUT2D eigenvalue weighted by Gasteiger charge is -2.10. The van der Waals surface area contributed by atoms with Gasteiger partial charge in [-0.2, -0.15) is 0 Å². The number of carbonyl (C=O) groups is 1. The van der Waals surface area contributed by atoms with Gasteiger partial charge in [-0.15, -0.1) is 0 Å². The summed E-state index contributed by atoms with van der Waals surface area (Å²) >= 11 is 6.00. The van der Waals surface area contributed by atoms with E-state index >= 15 is 0 Å². The molecule has 2 amide bonds. The number of urea groups is 1. The molecule has 1 aliphatic carbocycles. The molecule has 4 nitrogen and oxygen atoms in total. The van der Waals surface area contributed by atoms with Gasteiger partial charge >= 0.3 is 6.03 Å². The smallest absolute Gasteiger partial charge is 0.315 e. The van der Waals surface area contributed by atoms with Crippen LogP contribution in [-0.2, 0) is 13.2 Å². The summed E-state index contributed by atoms with van der Waals surface area (Å²) in [6.07, 6.45) is 0.932. The highest BCUT2D eigenvalue weighted by molar-refractivity contribution is 6.30. The van der Waals surface area contributed by atoms with E-state index in [9.17, 15) is 9.90 Å². The normalized spacial score (nSPS) is 19.2. The standard InChI is InChI=1S/C18H19ClN2O2/c19-15-7-3-6-12(8-15)16-9-17(16)21-18(23)20-10-13-4-1-2-5-14(13)11-22/h1-8,16-17,22H,9-11H2,(H2,20,21,23). The Bertz CT molecular complexity index is 705. The van der Waals surface area contributed by atoms with Crippen molar-refractivity contribution < 1.29 is 9.90 Å². The van der Waals surface area contributed by atoms with Crippen LogP contribution < -0.4 is 10.6 Å². The van der Waals surface area contributed by atoms with E-state index in [-0.39, 0.29) is 18.7 Å². The molecule has 0 spiro atoms. The Hall–Kier alpha value is -2.04. The quantitative estimate of drug-likeness (QED) is 0.788. The van der Waals surface area contributed by atoms with Gasteiger partial charge in [-0.1, -0.05) is 48.0 Å². The maximum Gasteiger partial charge on any atom is 0.315 e. The third-order valence-corrected chi connectivity index (χ3v) is 4.35. The average molecular weight is 331 g/mol. The molecule has 3 rings (SSSR count). The van der Waals surface area contributed by atoms with E-state index in [1.807, 2.05) is 48.5 Å². The summed E-state index contributed by atoms with van der Waals surface area (Å²) in [6, 6.07) is 15.2. The predicted octanol–water partition coefficient (Wildman–Crippen LogP) is 3.19. The first kappa shape index (κ1) is 15.8. The van der Waals surface area contributed by atoms with E-state index in [0.29, 0.717) is 12.5 Å². The van der Waals surface area contributed by atoms with Crippen molar-refractivity contribution in [3.05, 3.63) is 70.2 Å². The molecule has 3 N–H and O–H groups in total. The minimum absolute atomic E-state index is 0.0288. The van der Waals surface area contributed by atoms with E-state index in [0.717, 1.165) is 28.1 Å². The number of hydrogen-bond donors (Lipinski definition) is 3. The zero-order valence-electron chi connectivity index (χ0n) is 12.6. The summed E-state index contributed by atoms with van der Waals surface area (Å²) in [5.74, 6) is 0.337. The highest BCUT2D eigenvalue weighted by Crippen LogP contribution is 2.41. The fourth-order valence-electron chi connectivity index (χ4n) is 2.74. The second kappa shape index (κ2) is 7.02. The lowest BCUT2D eigenvalue weighted by molar-refractivity contribution is 0.239. The summed E-state index contributed by atoms with van der Waals surface area (Å²) in [6.45, 7) is 0.371. The van der Waals surface area contributed by atoms with Crippen LogP contribution in [0, 0.1) is 0 Å². The van der Waals surface area contributed by atoms with Gasteiger partial charge in [0.05, 0.1) is 6.61 Å². The molecule has 5 heteroatoms. The summed E-state index contributed by atoms with van der Waals surface area (Å²) in [4.78, 5) is 12.0. The Morgan fingerprint density at radius 3 is 2.70 bits per heavy atom. The Balaban J connectivity index is 1.49. The lowest BCUT2D eigenvalue weighted by Crippen LogP contribution is -2.37. The molecule has 0 heterocycles. The van der Waals surface area contributed by atoms with Gasteiger partial charge < -0.3 is 15.7 Å². The summed E-state index contributed by atoms with van der Waals surface area (Å²) in [5.41, 5.74) is 2.91. The lowest BCUT2D eigenvalue weighted by atomic mass is 10.1. The van der Waals surface area contributed by atoms with Gasteiger partial charge in [-0.25, -0.2) is 4.79 Å². The number of nitrogens with one attached hydrogen (secondary N) is 2. The molecule has 120 valence electrons. The molecule has 0 bridgehead atoms. The van der Waals surface area contributed by atoms with Crippen molar-refractivity contribution in [1.29, 1.82) is 0 Å². The number of amides is 2. The molecule has 1 saturated carbocycles. The molecule has 0 aromatic heterocycles. The minimum Gasteiger partial charge on any atom is -0.392 e. The molecule has 2 unspecified atom stereocenters. The fourth-order valence-corrected chi connectivity index (χ4v) is 2.94. The summed E-state index contributed by atoms with van der Waals surface area (Å²) < 4.78 is 0. The molecule has 0 aliphatic heterocycles. The van der Waals surface area contributed by atoms with Crippen molar-refractivity contribution in [2.75, 3.05) is 0 Å². The largest absolute Gasteiger partial charge is 0.392 e. The van der Waals surface area contributed by atoms with Crippen molar-refractivity contribution in [3.63, 3.8) is 0 Å². The molecule has 0 saturated heterocycles. The van der Waals surface area contributed by atoms with Crippen molar-refractivity contribution in [3.8, 4) is 0 Å². The van der Waals surface area contributed by atoms with Gasteiger partial charge in [0.2, 0.25) is 0 Å². The van der Waals surface area contributed by atoms with Crippen LogP contribution in [0.2, 0.25) is 5.02 Å². The van der Waals surface area contributed by atoms with Crippen molar-refractivity contribution in [2.24, 2.45) is 0 Å². The second-order valence-electron chi connectivity index (χ2n) is 5.76. The highest BCUT2D eigenvalue weighted by atomic mass is 35.5. The third-order valence-electron chi connectivity index (χ3n) is 4.11. The molecule has 2 atom stereocenters. The minimum atomic E-state index is -0.188. The number of hydrogen-bond acceptors (Lipinski definition) is 2. The Morgan fingerprint density at radius 2 is 1.96 bits per heavy atom. The zero-order chi connectivity index (χ0) is 16.2. The van der Waals surface area contributed by atoms with Crippen LogP contribution in [0.1, 0.15) is 29.0 Å². The van der Waals surface area contributed by atoms with Crippen molar-refractivity contribution >= 4 is 17.6 Å². The predicted molar refractivity (Wildman–Crippen MR) is 90.3 cm³/mol. The molecule has 2 aromatic rings. The molecule has 0 radical (unpaired) electrons. The van der Waals surface area contributed by atoms with E-state index in [2.05, 4.69) is 10.6 Å². The highest BCUT2D eigenvalue weighted by Gasteiger charge is 2.39. The summed E-state index contributed by atoms with van der Waals surface area (Å²) in [5, 5.41) is 15.8. The van der Waals surface area contributed by atoms with Gasteiger partial charge in [0.15, 0.2) is 0 Å². The monoisotopic (exact) mass is 330 g/mol.